The molecule has 0 spiro atoms. The zero-order valence-corrected chi connectivity index (χ0v) is 29.1. The highest BCUT2D eigenvalue weighted by atomic mass is 16.5. The van der Waals surface area contributed by atoms with Gasteiger partial charge in [0.2, 0.25) is 0 Å². The molecule has 0 aliphatic rings. The van der Waals surface area contributed by atoms with Crippen LogP contribution in [0.5, 0.6) is 11.5 Å². The number of carboxylic acids is 2. The molecule has 2 unspecified atom stereocenters. The average Bonchev–Trinajstić information content (AvgIpc) is 3.12. The van der Waals surface area contributed by atoms with Gasteiger partial charge in [0, 0.05) is 26.1 Å². The Bertz CT molecular complexity index is 1590. The smallest absolute Gasteiger partial charge is 0.333 e. The average molecular weight is 679 g/mol. The van der Waals surface area contributed by atoms with E-state index in [-0.39, 0.29) is 0 Å². The van der Waals surface area contributed by atoms with Crippen LogP contribution in [0.4, 0.5) is 0 Å². The van der Waals surface area contributed by atoms with Gasteiger partial charge in [-0.05, 0) is 109 Å². The van der Waals surface area contributed by atoms with Crippen molar-refractivity contribution in [3.63, 3.8) is 0 Å². The Hall–Kier alpha value is -5.18. The number of allylic oxidation sites excluding steroid dienone is 2. The van der Waals surface area contributed by atoms with Crippen molar-refractivity contribution in [2.45, 2.75) is 52.7 Å². The Labute approximate surface area is 294 Å². The molecule has 0 saturated carbocycles. The van der Waals surface area contributed by atoms with Gasteiger partial charge in [0.25, 0.3) is 0 Å². The highest BCUT2D eigenvalue weighted by Crippen LogP contribution is 2.25. The lowest BCUT2D eigenvalue weighted by Gasteiger charge is -2.12. The van der Waals surface area contributed by atoms with Gasteiger partial charge in [-0.1, -0.05) is 72.8 Å². The van der Waals surface area contributed by atoms with Gasteiger partial charge in [0.15, 0.2) is 12.2 Å². The van der Waals surface area contributed by atoms with E-state index in [9.17, 15) is 19.8 Å². The fraction of sp³-hybridized carbons (Fsp3) is 0.286. The van der Waals surface area contributed by atoms with Crippen LogP contribution in [-0.4, -0.2) is 60.8 Å². The molecule has 0 aliphatic carbocycles. The highest BCUT2D eigenvalue weighted by Gasteiger charge is 2.18. The molecule has 0 radical (unpaired) electrons. The number of carbonyl (C=O) groups is 2. The van der Waals surface area contributed by atoms with Gasteiger partial charge in [0.05, 0.1) is 0 Å². The normalized spacial score (nSPS) is 13.0. The number of hydrogen-bond donors (Lipinski definition) is 2. The van der Waals surface area contributed by atoms with Crippen molar-refractivity contribution in [3.8, 4) is 22.6 Å². The molecule has 4 aromatic rings. The first-order valence-electron chi connectivity index (χ1n) is 16.8. The first-order chi connectivity index (χ1) is 24.2. The number of benzene rings is 4. The lowest BCUT2D eigenvalue weighted by molar-refractivity contribution is -0.150. The SMILES string of the molecule is CCOC(Cc1ccc(OC/C=C(/C)c2ccc(-c3ccc(/C(C)=C\COc4ccc(CC(OCC)C(=O)O)cc4)cc3)cc2)cc1)C(=O)O. The van der Waals surface area contributed by atoms with Crippen molar-refractivity contribution < 1.29 is 38.7 Å². The first-order valence-corrected chi connectivity index (χ1v) is 16.8. The zero-order valence-electron chi connectivity index (χ0n) is 29.1. The summed E-state index contributed by atoms with van der Waals surface area (Å²) in [5.74, 6) is -0.489. The number of rotatable bonds is 19. The van der Waals surface area contributed by atoms with E-state index in [1.165, 1.54) is 0 Å². The predicted molar refractivity (Wildman–Crippen MR) is 197 cm³/mol. The Morgan fingerprint density at radius 3 is 1.20 bits per heavy atom. The largest absolute Gasteiger partial charge is 0.490 e. The van der Waals surface area contributed by atoms with Crippen LogP contribution in [0, 0.1) is 0 Å². The number of hydrogen-bond acceptors (Lipinski definition) is 6. The van der Waals surface area contributed by atoms with Crippen LogP contribution in [-0.2, 0) is 31.9 Å². The molecule has 8 heteroatoms. The molecule has 8 nitrogen and oxygen atoms in total. The third-order valence-electron chi connectivity index (χ3n) is 8.27. The first kappa shape index (κ1) is 37.6. The van der Waals surface area contributed by atoms with Gasteiger partial charge < -0.3 is 29.2 Å². The maximum absolute atomic E-state index is 11.3. The summed E-state index contributed by atoms with van der Waals surface area (Å²) in [6.07, 6.45) is 3.00. The van der Waals surface area contributed by atoms with Crippen LogP contribution in [0.15, 0.2) is 109 Å². The third kappa shape index (κ3) is 11.5. The summed E-state index contributed by atoms with van der Waals surface area (Å²) in [6.45, 7) is 9.23. The fourth-order valence-electron chi connectivity index (χ4n) is 5.32. The van der Waals surface area contributed by atoms with E-state index in [2.05, 4.69) is 62.4 Å². The number of ether oxygens (including phenoxy) is 4. The summed E-state index contributed by atoms with van der Waals surface area (Å²) in [5, 5.41) is 18.6. The number of carboxylic acid groups (broad SMARTS) is 2. The maximum atomic E-state index is 11.3. The van der Waals surface area contributed by atoms with E-state index < -0.39 is 24.1 Å². The van der Waals surface area contributed by atoms with Crippen molar-refractivity contribution in [1.29, 1.82) is 0 Å². The molecule has 0 bridgehead atoms. The minimum atomic E-state index is -0.962. The van der Waals surface area contributed by atoms with Gasteiger partial charge in [-0.2, -0.15) is 0 Å². The van der Waals surface area contributed by atoms with Crippen molar-refractivity contribution in [3.05, 3.63) is 131 Å². The van der Waals surface area contributed by atoms with Crippen LogP contribution < -0.4 is 9.47 Å². The Kier molecular flexibility index (Phi) is 14.4. The standard InChI is InChI=1S/C42H46O8/c1-5-47-39(41(43)44)27-31-7-19-37(20-8-31)49-25-23-29(3)33-11-15-35(16-12-33)36-17-13-34(14-18-36)30(4)24-26-50-38-21-9-32(10-22-38)28-40(42(45)46)48-6-2/h7-24,39-40H,5-6,25-28H2,1-4H3,(H,43,44)(H,45,46)/b29-23-,30-24-. The van der Waals surface area contributed by atoms with E-state index in [1.807, 2.05) is 60.7 Å². The van der Waals surface area contributed by atoms with Crippen LogP contribution in [0.25, 0.3) is 22.3 Å². The molecule has 262 valence electrons. The van der Waals surface area contributed by atoms with Crippen molar-refractivity contribution in [2.24, 2.45) is 0 Å². The van der Waals surface area contributed by atoms with Gasteiger partial charge in [-0.25, -0.2) is 9.59 Å². The second-order valence-electron chi connectivity index (χ2n) is 11.8. The van der Waals surface area contributed by atoms with E-state index in [0.717, 1.165) is 56.0 Å². The van der Waals surface area contributed by atoms with Crippen LogP contribution in [0.2, 0.25) is 0 Å². The van der Waals surface area contributed by atoms with Crippen molar-refractivity contribution in [1.82, 2.24) is 0 Å². The molecule has 4 aromatic carbocycles. The molecule has 0 aromatic heterocycles. The molecule has 4 rings (SSSR count). The minimum absolute atomic E-state index is 0.309. The second kappa shape index (κ2) is 19.1. The Morgan fingerprint density at radius 2 is 0.900 bits per heavy atom. The summed E-state index contributed by atoms with van der Waals surface area (Å²) in [6, 6.07) is 31.8. The van der Waals surface area contributed by atoms with E-state index in [1.54, 1.807) is 13.8 Å². The van der Waals surface area contributed by atoms with Crippen LogP contribution in [0.3, 0.4) is 0 Å². The molecule has 50 heavy (non-hydrogen) atoms. The highest BCUT2D eigenvalue weighted by molar-refractivity contribution is 5.74. The third-order valence-corrected chi connectivity index (χ3v) is 8.27. The second-order valence-corrected chi connectivity index (χ2v) is 11.8. The van der Waals surface area contributed by atoms with Gasteiger partial charge >= 0.3 is 11.9 Å². The topological polar surface area (TPSA) is 112 Å². The molecule has 2 N–H and O–H groups in total. The van der Waals surface area contributed by atoms with E-state index in [4.69, 9.17) is 18.9 Å². The van der Waals surface area contributed by atoms with Crippen LogP contribution >= 0.6 is 0 Å². The fourth-order valence-corrected chi connectivity index (χ4v) is 5.32. The van der Waals surface area contributed by atoms with Crippen LogP contribution in [0.1, 0.15) is 49.9 Å². The molecular weight excluding hydrogens is 632 g/mol. The minimum Gasteiger partial charge on any atom is -0.490 e. The molecular formula is C42H46O8. The van der Waals surface area contributed by atoms with Crippen molar-refractivity contribution in [2.75, 3.05) is 26.4 Å². The summed E-state index contributed by atoms with van der Waals surface area (Å²) in [7, 11) is 0. The predicted octanol–water partition coefficient (Wildman–Crippen LogP) is 8.38. The van der Waals surface area contributed by atoms with Gasteiger partial charge in [-0.3, -0.25) is 0 Å². The molecule has 0 amide bonds. The maximum Gasteiger partial charge on any atom is 0.333 e. The molecule has 0 heterocycles. The lowest BCUT2D eigenvalue weighted by atomic mass is 9.98. The molecule has 0 saturated heterocycles. The summed E-state index contributed by atoms with van der Waals surface area (Å²) in [5.41, 5.74) is 8.46. The summed E-state index contributed by atoms with van der Waals surface area (Å²) < 4.78 is 22.4. The number of aliphatic carboxylic acids is 2. The monoisotopic (exact) mass is 678 g/mol. The molecule has 0 aliphatic heterocycles. The molecule has 2 atom stereocenters. The van der Waals surface area contributed by atoms with Crippen molar-refractivity contribution >= 4 is 23.1 Å². The Morgan fingerprint density at radius 1 is 0.560 bits per heavy atom. The zero-order chi connectivity index (χ0) is 35.9. The van der Waals surface area contributed by atoms with Gasteiger partial charge in [0.1, 0.15) is 24.7 Å². The van der Waals surface area contributed by atoms with E-state index >= 15 is 0 Å². The van der Waals surface area contributed by atoms with E-state index in [0.29, 0.717) is 39.3 Å². The lowest BCUT2D eigenvalue weighted by Crippen LogP contribution is -2.26. The molecule has 0 fully saturated rings. The van der Waals surface area contributed by atoms with Gasteiger partial charge in [-0.15, -0.1) is 0 Å². The Balaban J connectivity index is 1.25. The summed E-state index contributed by atoms with van der Waals surface area (Å²) >= 11 is 0. The quantitative estimate of drug-likeness (QED) is 0.102. The summed E-state index contributed by atoms with van der Waals surface area (Å²) in [4.78, 5) is 22.7.